The van der Waals surface area contributed by atoms with E-state index in [1.807, 2.05) is 61.2 Å². The van der Waals surface area contributed by atoms with E-state index in [-0.39, 0.29) is 5.91 Å². The Bertz CT molecular complexity index is 736. The molecule has 5 heteroatoms. The van der Waals surface area contributed by atoms with Crippen molar-refractivity contribution in [3.05, 3.63) is 60.2 Å². The molecule has 3 rings (SSSR count). The van der Waals surface area contributed by atoms with Crippen molar-refractivity contribution in [2.45, 2.75) is 26.0 Å². The highest BCUT2D eigenvalue weighted by molar-refractivity contribution is 5.85. The fourth-order valence-corrected chi connectivity index (χ4v) is 3.31. The summed E-state index contributed by atoms with van der Waals surface area (Å²) < 4.78 is 11.1. The SMILES string of the molecule is COc1ccc(CN2CCN(C(=O)C(C)(C)Oc3ccccc3)CC2)cc1. The van der Waals surface area contributed by atoms with Gasteiger partial charge in [-0.3, -0.25) is 9.69 Å². The number of piperazine rings is 1. The van der Waals surface area contributed by atoms with Crippen LogP contribution in [0.25, 0.3) is 0 Å². The van der Waals surface area contributed by atoms with E-state index in [9.17, 15) is 4.79 Å². The second-order valence-electron chi connectivity index (χ2n) is 7.34. The Hall–Kier alpha value is -2.53. The van der Waals surface area contributed by atoms with Crippen molar-refractivity contribution in [1.29, 1.82) is 0 Å². The zero-order chi connectivity index (χ0) is 19.3. The van der Waals surface area contributed by atoms with Crippen LogP contribution in [0.15, 0.2) is 54.6 Å². The molecule has 5 nitrogen and oxygen atoms in total. The smallest absolute Gasteiger partial charge is 0.266 e. The molecule has 0 unspecified atom stereocenters. The summed E-state index contributed by atoms with van der Waals surface area (Å²) >= 11 is 0. The van der Waals surface area contributed by atoms with Crippen molar-refractivity contribution in [2.24, 2.45) is 0 Å². The van der Waals surface area contributed by atoms with E-state index >= 15 is 0 Å². The lowest BCUT2D eigenvalue weighted by atomic mass is 10.1. The molecule has 0 aromatic heterocycles. The van der Waals surface area contributed by atoms with Crippen molar-refractivity contribution in [2.75, 3.05) is 33.3 Å². The van der Waals surface area contributed by atoms with Gasteiger partial charge in [0, 0.05) is 32.7 Å². The van der Waals surface area contributed by atoms with Gasteiger partial charge >= 0.3 is 0 Å². The molecule has 0 radical (unpaired) electrons. The Labute approximate surface area is 161 Å². The summed E-state index contributed by atoms with van der Waals surface area (Å²) in [5.41, 5.74) is 0.378. The number of para-hydroxylation sites is 1. The first-order valence-corrected chi connectivity index (χ1v) is 9.37. The third kappa shape index (κ3) is 5.01. The molecule has 1 heterocycles. The first kappa shape index (κ1) is 19.2. The normalized spacial score (nSPS) is 15.4. The number of ether oxygens (including phenoxy) is 2. The lowest BCUT2D eigenvalue weighted by Gasteiger charge is -2.38. The second kappa shape index (κ2) is 8.44. The Balaban J connectivity index is 1.52. The number of carbonyl (C=O) groups is 1. The lowest BCUT2D eigenvalue weighted by molar-refractivity contribution is -0.147. The highest BCUT2D eigenvalue weighted by atomic mass is 16.5. The number of carbonyl (C=O) groups excluding carboxylic acids is 1. The van der Waals surface area contributed by atoms with E-state index in [1.54, 1.807) is 7.11 Å². The molecule has 0 spiro atoms. The Morgan fingerprint density at radius 1 is 0.926 bits per heavy atom. The highest BCUT2D eigenvalue weighted by Gasteiger charge is 2.35. The molecule has 0 saturated carbocycles. The molecule has 27 heavy (non-hydrogen) atoms. The molecule has 2 aromatic rings. The summed E-state index contributed by atoms with van der Waals surface area (Å²) in [6.45, 7) is 7.72. The van der Waals surface area contributed by atoms with Gasteiger partial charge in [-0.15, -0.1) is 0 Å². The topological polar surface area (TPSA) is 42.0 Å². The summed E-state index contributed by atoms with van der Waals surface area (Å²) in [6, 6.07) is 17.7. The van der Waals surface area contributed by atoms with E-state index in [2.05, 4.69) is 17.0 Å². The summed E-state index contributed by atoms with van der Waals surface area (Å²) in [7, 11) is 1.67. The van der Waals surface area contributed by atoms with Crippen LogP contribution < -0.4 is 9.47 Å². The van der Waals surface area contributed by atoms with E-state index in [0.717, 1.165) is 38.5 Å². The second-order valence-corrected chi connectivity index (χ2v) is 7.34. The zero-order valence-electron chi connectivity index (χ0n) is 16.4. The zero-order valence-corrected chi connectivity index (χ0v) is 16.4. The van der Waals surface area contributed by atoms with E-state index < -0.39 is 5.60 Å². The summed E-state index contributed by atoms with van der Waals surface area (Å²) in [4.78, 5) is 17.2. The molecule has 0 N–H and O–H groups in total. The van der Waals surface area contributed by atoms with Crippen LogP contribution in [0.4, 0.5) is 0 Å². The van der Waals surface area contributed by atoms with Crippen LogP contribution >= 0.6 is 0 Å². The van der Waals surface area contributed by atoms with Gasteiger partial charge in [0.1, 0.15) is 11.5 Å². The number of hydrogen-bond donors (Lipinski definition) is 0. The number of methoxy groups -OCH3 is 1. The van der Waals surface area contributed by atoms with Crippen molar-refractivity contribution < 1.29 is 14.3 Å². The van der Waals surface area contributed by atoms with Gasteiger partial charge in [-0.2, -0.15) is 0 Å². The van der Waals surface area contributed by atoms with Crippen LogP contribution in [-0.4, -0.2) is 54.6 Å². The third-order valence-electron chi connectivity index (χ3n) is 4.86. The third-order valence-corrected chi connectivity index (χ3v) is 4.86. The van der Waals surface area contributed by atoms with Crippen molar-refractivity contribution in [3.63, 3.8) is 0 Å². The Kier molecular flexibility index (Phi) is 6.01. The van der Waals surface area contributed by atoms with Crippen LogP contribution in [0.5, 0.6) is 11.5 Å². The molecule has 0 atom stereocenters. The fraction of sp³-hybridized carbons (Fsp3) is 0.409. The van der Waals surface area contributed by atoms with Gasteiger partial charge in [0.15, 0.2) is 5.60 Å². The first-order valence-electron chi connectivity index (χ1n) is 9.37. The maximum absolute atomic E-state index is 12.9. The van der Waals surface area contributed by atoms with Crippen LogP contribution in [0.2, 0.25) is 0 Å². The van der Waals surface area contributed by atoms with Gasteiger partial charge in [-0.1, -0.05) is 30.3 Å². The van der Waals surface area contributed by atoms with Gasteiger partial charge in [0.05, 0.1) is 7.11 Å². The molecule has 1 fully saturated rings. The van der Waals surface area contributed by atoms with Gasteiger partial charge in [0.25, 0.3) is 5.91 Å². The summed E-state index contributed by atoms with van der Waals surface area (Å²) in [5, 5.41) is 0. The average Bonchev–Trinajstić information content (AvgIpc) is 2.69. The molecule has 144 valence electrons. The molecular weight excluding hydrogens is 340 g/mol. The van der Waals surface area contributed by atoms with Gasteiger partial charge in [-0.25, -0.2) is 0 Å². The summed E-state index contributed by atoms with van der Waals surface area (Å²) in [6.07, 6.45) is 0. The van der Waals surface area contributed by atoms with Crippen LogP contribution in [0.3, 0.4) is 0 Å². The fourth-order valence-electron chi connectivity index (χ4n) is 3.31. The minimum Gasteiger partial charge on any atom is -0.497 e. The minimum atomic E-state index is -0.875. The van der Waals surface area contributed by atoms with E-state index in [4.69, 9.17) is 9.47 Å². The van der Waals surface area contributed by atoms with E-state index in [1.165, 1.54) is 5.56 Å². The number of nitrogens with zero attached hydrogens (tertiary/aromatic N) is 2. The number of rotatable bonds is 6. The molecule has 1 aliphatic rings. The van der Waals surface area contributed by atoms with Gasteiger partial charge < -0.3 is 14.4 Å². The van der Waals surface area contributed by atoms with Crippen LogP contribution in [-0.2, 0) is 11.3 Å². The molecule has 1 aliphatic heterocycles. The molecule has 1 saturated heterocycles. The van der Waals surface area contributed by atoms with Crippen molar-refractivity contribution in [3.8, 4) is 11.5 Å². The largest absolute Gasteiger partial charge is 0.497 e. The Morgan fingerprint density at radius 2 is 1.56 bits per heavy atom. The lowest BCUT2D eigenvalue weighted by Crippen LogP contribution is -2.55. The predicted octanol–water partition coefficient (Wildman–Crippen LogP) is 3.20. The Morgan fingerprint density at radius 3 is 2.15 bits per heavy atom. The summed E-state index contributed by atoms with van der Waals surface area (Å²) in [5.74, 6) is 1.62. The standard InChI is InChI=1S/C22H28N2O3/c1-22(2,27-20-7-5-4-6-8-20)21(25)24-15-13-23(14-16-24)17-18-9-11-19(26-3)12-10-18/h4-12H,13-17H2,1-3H3. The predicted molar refractivity (Wildman–Crippen MR) is 106 cm³/mol. The van der Waals surface area contributed by atoms with Gasteiger partial charge in [0.2, 0.25) is 0 Å². The first-order chi connectivity index (χ1) is 13.0. The number of amides is 1. The van der Waals surface area contributed by atoms with Crippen LogP contribution in [0.1, 0.15) is 19.4 Å². The maximum atomic E-state index is 12.9. The molecule has 0 bridgehead atoms. The molecular formula is C22H28N2O3. The number of benzene rings is 2. The monoisotopic (exact) mass is 368 g/mol. The minimum absolute atomic E-state index is 0.0375. The van der Waals surface area contributed by atoms with E-state index in [0.29, 0.717) is 5.75 Å². The van der Waals surface area contributed by atoms with Gasteiger partial charge in [-0.05, 0) is 43.7 Å². The average molecular weight is 368 g/mol. The molecule has 0 aliphatic carbocycles. The van der Waals surface area contributed by atoms with Crippen molar-refractivity contribution in [1.82, 2.24) is 9.80 Å². The van der Waals surface area contributed by atoms with Crippen LogP contribution in [0, 0.1) is 0 Å². The number of hydrogen-bond acceptors (Lipinski definition) is 4. The quantitative estimate of drug-likeness (QED) is 0.785. The van der Waals surface area contributed by atoms with Crippen molar-refractivity contribution >= 4 is 5.91 Å². The molecule has 1 amide bonds. The molecule has 2 aromatic carbocycles. The maximum Gasteiger partial charge on any atom is 0.266 e. The highest BCUT2D eigenvalue weighted by Crippen LogP contribution is 2.21.